The summed E-state index contributed by atoms with van der Waals surface area (Å²) in [6.07, 6.45) is 1.71. The number of carbonyl (C=O) groups is 3. The molecule has 29 heavy (non-hydrogen) atoms. The SMILES string of the molecule is CC(C)(O/N=C(\C(=O)NC1C(=O)N2C=C(CN)CS[C@@H]12)c1csc(N)n1)C(=O)O. The molecule has 0 aromatic carbocycles. The minimum Gasteiger partial charge on any atom is -0.478 e. The molecule has 1 unspecified atom stereocenters. The highest BCUT2D eigenvalue weighted by Gasteiger charge is 2.49. The van der Waals surface area contributed by atoms with Crippen LogP contribution in [0.2, 0.25) is 0 Å². The van der Waals surface area contributed by atoms with Gasteiger partial charge in [-0.3, -0.25) is 9.59 Å². The molecule has 11 nitrogen and oxygen atoms in total. The minimum atomic E-state index is -1.67. The first kappa shape index (κ1) is 21.1. The number of aromatic nitrogens is 1. The zero-order chi connectivity index (χ0) is 21.3. The number of β-lactam (4-membered cyclic amide) rings is 1. The number of nitrogens with two attached hydrogens (primary N) is 2. The fraction of sp³-hybridized carbons (Fsp3) is 0.438. The first-order valence-electron chi connectivity index (χ1n) is 8.49. The van der Waals surface area contributed by atoms with E-state index >= 15 is 0 Å². The Bertz CT molecular complexity index is 911. The molecule has 2 atom stereocenters. The fourth-order valence-electron chi connectivity index (χ4n) is 2.48. The molecule has 13 heteroatoms. The molecule has 6 N–H and O–H groups in total. The smallest absolute Gasteiger partial charge is 0.350 e. The Morgan fingerprint density at radius 2 is 2.24 bits per heavy atom. The summed E-state index contributed by atoms with van der Waals surface area (Å²) in [4.78, 5) is 47.0. The van der Waals surface area contributed by atoms with E-state index in [1.807, 2.05) is 0 Å². The van der Waals surface area contributed by atoms with Crippen molar-refractivity contribution in [2.45, 2.75) is 30.9 Å². The standard InChI is InChI=1S/C16H20N6O5S2/c1-16(2,14(25)26)27-21-9(8-6-29-15(18)19-8)11(23)20-10-12(24)22-4-7(3-17)5-28-13(10)22/h4,6,10,13H,3,5,17H2,1-2H3,(H2,18,19)(H,20,23)(H,25,26)/b21-9-/t10?,13-/m0/s1. The average Bonchev–Trinajstić information content (AvgIpc) is 3.11. The third kappa shape index (κ3) is 4.21. The highest BCUT2D eigenvalue weighted by Crippen LogP contribution is 2.35. The number of oxime groups is 1. The number of nitrogen functional groups attached to an aromatic ring is 1. The molecular formula is C16H20N6O5S2. The van der Waals surface area contributed by atoms with Crippen LogP contribution >= 0.6 is 23.1 Å². The van der Waals surface area contributed by atoms with Crippen LogP contribution in [0.15, 0.2) is 22.3 Å². The molecule has 3 heterocycles. The molecule has 156 valence electrons. The number of hydrogen-bond donors (Lipinski definition) is 4. The molecule has 0 spiro atoms. The number of aliphatic carboxylic acids is 1. The van der Waals surface area contributed by atoms with Gasteiger partial charge in [0.2, 0.25) is 5.60 Å². The van der Waals surface area contributed by atoms with E-state index in [-0.39, 0.29) is 27.8 Å². The lowest BCUT2D eigenvalue weighted by atomic mass is 10.1. The van der Waals surface area contributed by atoms with Gasteiger partial charge in [-0.15, -0.1) is 23.1 Å². The molecular weight excluding hydrogens is 420 g/mol. The maximum Gasteiger partial charge on any atom is 0.350 e. The van der Waals surface area contributed by atoms with Crippen molar-refractivity contribution in [3.05, 3.63) is 22.8 Å². The van der Waals surface area contributed by atoms with E-state index in [1.165, 1.54) is 35.9 Å². The van der Waals surface area contributed by atoms with Gasteiger partial charge in [0.15, 0.2) is 10.8 Å². The second-order valence-corrected chi connectivity index (χ2v) is 8.80. The maximum absolute atomic E-state index is 12.8. The van der Waals surface area contributed by atoms with E-state index in [2.05, 4.69) is 15.5 Å². The van der Waals surface area contributed by atoms with E-state index in [0.29, 0.717) is 12.3 Å². The number of fused-ring (bicyclic) bond motifs is 1. The van der Waals surface area contributed by atoms with Gasteiger partial charge in [-0.05, 0) is 19.4 Å². The Morgan fingerprint density at radius 1 is 1.52 bits per heavy atom. The van der Waals surface area contributed by atoms with Crippen LogP contribution in [-0.2, 0) is 19.2 Å². The summed E-state index contributed by atoms with van der Waals surface area (Å²) in [5, 5.41) is 17.0. The van der Waals surface area contributed by atoms with Crippen molar-refractivity contribution in [3.8, 4) is 0 Å². The van der Waals surface area contributed by atoms with Gasteiger partial charge in [-0.1, -0.05) is 5.16 Å². The Hall–Kier alpha value is -2.64. The number of hydrogen-bond acceptors (Lipinski definition) is 10. The lowest BCUT2D eigenvalue weighted by molar-refractivity contribution is -0.161. The molecule has 0 saturated carbocycles. The minimum absolute atomic E-state index is 0.122. The molecule has 2 aliphatic rings. The maximum atomic E-state index is 12.8. The van der Waals surface area contributed by atoms with Gasteiger partial charge in [-0.25, -0.2) is 9.78 Å². The van der Waals surface area contributed by atoms with E-state index in [9.17, 15) is 19.5 Å². The van der Waals surface area contributed by atoms with Gasteiger partial charge in [-0.2, -0.15) is 0 Å². The third-order valence-corrected chi connectivity index (χ3v) is 6.30. The molecule has 2 amide bonds. The number of nitrogens with zero attached hydrogens (tertiary/aromatic N) is 3. The molecule has 1 fully saturated rings. The zero-order valence-electron chi connectivity index (χ0n) is 15.6. The van der Waals surface area contributed by atoms with Crippen LogP contribution in [0.3, 0.4) is 0 Å². The third-order valence-electron chi connectivity index (χ3n) is 4.25. The Morgan fingerprint density at radius 3 is 2.83 bits per heavy atom. The van der Waals surface area contributed by atoms with Crippen molar-refractivity contribution in [2.75, 3.05) is 18.0 Å². The average molecular weight is 441 g/mol. The Kier molecular flexibility index (Phi) is 5.82. The highest BCUT2D eigenvalue weighted by molar-refractivity contribution is 8.00. The number of amides is 2. The van der Waals surface area contributed by atoms with Crippen LogP contribution in [0.1, 0.15) is 19.5 Å². The van der Waals surface area contributed by atoms with Crippen LogP contribution in [0.25, 0.3) is 0 Å². The fourth-order valence-corrected chi connectivity index (χ4v) is 4.31. The topological polar surface area (TPSA) is 173 Å². The predicted molar refractivity (Wildman–Crippen MR) is 108 cm³/mol. The van der Waals surface area contributed by atoms with Crippen molar-refractivity contribution in [2.24, 2.45) is 10.9 Å². The van der Waals surface area contributed by atoms with Crippen LogP contribution < -0.4 is 16.8 Å². The molecule has 1 aromatic rings. The number of rotatable bonds is 7. The largest absolute Gasteiger partial charge is 0.478 e. The van der Waals surface area contributed by atoms with E-state index < -0.39 is 23.5 Å². The number of carboxylic acid groups (broad SMARTS) is 1. The second-order valence-electron chi connectivity index (χ2n) is 6.81. The van der Waals surface area contributed by atoms with Crippen molar-refractivity contribution in [1.82, 2.24) is 15.2 Å². The van der Waals surface area contributed by atoms with Crippen molar-refractivity contribution >= 4 is 51.7 Å². The summed E-state index contributed by atoms with van der Waals surface area (Å²) in [5.41, 5.74) is 10.4. The van der Waals surface area contributed by atoms with Crippen molar-refractivity contribution < 1.29 is 24.3 Å². The number of thioether (sulfide) groups is 1. The van der Waals surface area contributed by atoms with Crippen LogP contribution in [-0.4, -0.2) is 67.8 Å². The molecule has 2 aliphatic heterocycles. The van der Waals surface area contributed by atoms with Gasteiger partial charge in [0, 0.05) is 23.9 Å². The van der Waals surface area contributed by atoms with E-state index in [0.717, 1.165) is 16.9 Å². The number of thiazole rings is 1. The first-order chi connectivity index (χ1) is 13.6. The van der Waals surface area contributed by atoms with Gasteiger partial charge >= 0.3 is 5.97 Å². The first-order valence-corrected chi connectivity index (χ1v) is 10.4. The van der Waals surface area contributed by atoms with Gasteiger partial charge < -0.3 is 31.6 Å². The van der Waals surface area contributed by atoms with Crippen LogP contribution in [0, 0.1) is 0 Å². The summed E-state index contributed by atoms with van der Waals surface area (Å²) in [6.45, 7) is 2.94. The molecule has 1 saturated heterocycles. The Balaban J connectivity index is 1.78. The van der Waals surface area contributed by atoms with E-state index in [1.54, 1.807) is 6.20 Å². The zero-order valence-corrected chi connectivity index (χ0v) is 17.2. The quantitative estimate of drug-likeness (QED) is 0.249. The monoisotopic (exact) mass is 440 g/mol. The summed E-state index contributed by atoms with van der Waals surface area (Å²) < 4.78 is 0. The summed E-state index contributed by atoms with van der Waals surface area (Å²) >= 11 is 2.58. The Labute approximate surface area is 174 Å². The number of anilines is 1. The molecule has 0 radical (unpaired) electrons. The second kappa shape index (κ2) is 8.00. The summed E-state index contributed by atoms with van der Waals surface area (Å²) in [7, 11) is 0. The number of carbonyl (C=O) groups excluding carboxylic acids is 2. The van der Waals surface area contributed by atoms with Gasteiger partial charge in [0.1, 0.15) is 17.1 Å². The predicted octanol–water partition coefficient (Wildman–Crippen LogP) is -0.448. The normalized spacial score (nSPS) is 21.8. The molecule has 1 aromatic heterocycles. The molecule has 3 rings (SSSR count). The highest BCUT2D eigenvalue weighted by atomic mass is 32.2. The lowest BCUT2D eigenvalue weighted by Crippen LogP contribution is -2.69. The molecule has 0 aliphatic carbocycles. The van der Waals surface area contributed by atoms with Crippen molar-refractivity contribution in [3.63, 3.8) is 0 Å². The lowest BCUT2D eigenvalue weighted by Gasteiger charge is -2.47. The summed E-state index contributed by atoms with van der Waals surface area (Å²) in [5.74, 6) is -1.59. The number of carboxylic acids is 1. The van der Waals surface area contributed by atoms with Gasteiger partial charge in [0.05, 0.1) is 0 Å². The molecule has 0 bridgehead atoms. The van der Waals surface area contributed by atoms with Crippen LogP contribution in [0.4, 0.5) is 5.13 Å². The van der Waals surface area contributed by atoms with E-state index in [4.69, 9.17) is 16.3 Å². The summed E-state index contributed by atoms with van der Waals surface area (Å²) in [6, 6.07) is -0.753. The van der Waals surface area contributed by atoms with Gasteiger partial charge in [0.25, 0.3) is 11.8 Å². The van der Waals surface area contributed by atoms with Crippen LogP contribution in [0.5, 0.6) is 0 Å². The van der Waals surface area contributed by atoms with Crippen molar-refractivity contribution in [1.29, 1.82) is 0 Å². The number of nitrogens with one attached hydrogen (secondary N) is 1.